The first-order valence-electron chi connectivity index (χ1n) is 5.79. The van der Waals surface area contributed by atoms with Gasteiger partial charge in [0, 0.05) is 12.6 Å². The van der Waals surface area contributed by atoms with Gasteiger partial charge in [-0.1, -0.05) is 26.0 Å². The average Bonchev–Trinajstić information content (AvgIpc) is 2.63. The summed E-state index contributed by atoms with van der Waals surface area (Å²) in [5.74, 6) is 0.701. The lowest BCUT2D eigenvalue weighted by Crippen LogP contribution is -2.17. The third kappa shape index (κ3) is 3.63. The van der Waals surface area contributed by atoms with E-state index in [1.807, 2.05) is 4.68 Å². The van der Waals surface area contributed by atoms with E-state index in [1.54, 1.807) is 6.20 Å². The molecule has 0 aliphatic heterocycles. The number of nitrogens with two attached hydrogens (primary N) is 1. The molecule has 1 aromatic heterocycles. The molecule has 1 heterocycles. The van der Waals surface area contributed by atoms with Crippen LogP contribution in [0.4, 0.5) is 0 Å². The first-order valence-corrected chi connectivity index (χ1v) is 5.79. The second-order valence-corrected chi connectivity index (χ2v) is 4.46. The van der Waals surface area contributed by atoms with Crippen molar-refractivity contribution in [2.75, 3.05) is 0 Å². The molecule has 0 spiro atoms. The highest BCUT2D eigenvalue weighted by Gasteiger charge is 2.12. The van der Waals surface area contributed by atoms with Crippen LogP contribution in [0.1, 0.15) is 51.8 Å². The Morgan fingerprint density at radius 1 is 1.40 bits per heavy atom. The van der Waals surface area contributed by atoms with Gasteiger partial charge in [-0.15, -0.1) is 5.10 Å². The van der Waals surface area contributed by atoms with E-state index in [1.165, 1.54) is 0 Å². The van der Waals surface area contributed by atoms with Crippen LogP contribution in [0.5, 0.6) is 0 Å². The second-order valence-electron chi connectivity index (χ2n) is 4.46. The molecule has 1 unspecified atom stereocenters. The number of nitrogens with zero attached hydrogens (tertiary/aromatic N) is 3. The fraction of sp³-hybridized carbons (Fsp3) is 0.818. The maximum absolute atomic E-state index is 6.12. The predicted octanol–water partition coefficient (Wildman–Crippen LogP) is 2.12. The Labute approximate surface area is 91.9 Å². The molecular formula is C11H22N4. The molecule has 0 aromatic carbocycles. The van der Waals surface area contributed by atoms with Gasteiger partial charge in [0.25, 0.3) is 0 Å². The highest BCUT2D eigenvalue weighted by Crippen LogP contribution is 2.17. The van der Waals surface area contributed by atoms with Gasteiger partial charge in [-0.25, -0.2) is 4.68 Å². The Morgan fingerprint density at radius 3 is 2.73 bits per heavy atom. The van der Waals surface area contributed by atoms with Crippen molar-refractivity contribution in [1.82, 2.24) is 15.0 Å². The third-order valence-electron chi connectivity index (χ3n) is 2.52. The molecule has 1 atom stereocenters. The zero-order valence-electron chi connectivity index (χ0n) is 9.98. The number of rotatable bonds is 6. The maximum atomic E-state index is 6.12. The van der Waals surface area contributed by atoms with Gasteiger partial charge in [-0.3, -0.25) is 0 Å². The van der Waals surface area contributed by atoms with Gasteiger partial charge in [0.1, 0.15) is 0 Å². The molecular weight excluding hydrogens is 188 g/mol. The molecule has 0 fully saturated rings. The lowest BCUT2D eigenvalue weighted by molar-refractivity contribution is 0.469. The van der Waals surface area contributed by atoms with Crippen LogP contribution in [0, 0.1) is 5.92 Å². The van der Waals surface area contributed by atoms with E-state index in [4.69, 9.17) is 5.73 Å². The van der Waals surface area contributed by atoms with E-state index in [0.29, 0.717) is 5.92 Å². The number of hydrogen-bond acceptors (Lipinski definition) is 3. The highest BCUT2D eigenvalue weighted by atomic mass is 15.4. The summed E-state index contributed by atoms with van der Waals surface area (Å²) in [5.41, 5.74) is 7.19. The van der Waals surface area contributed by atoms with Crippen molar-refractivity contribution in [1.29, 1.82) is 0 Å². The van der Waals surface area contributed by atoms with Crippen LogP contribution in [0.3, 0.4) is 0 Å². The molecule has 1 rings (SSSR count). The molecule has 86 valence electrons. The van der Waals surface area contributed by atoms with E-state index >= 15 is 0 Å². The highest BCUT2D eigenvalue weighted by molar-refractivity contribution is 5.00. The minimum absolute atomic E-state index is 0.0777. The summed E-state index contributed by atoms with van der Waals surface area (Å²) in [5, 5.41) is 7.96. The topological polar surface area (TPSA) is 56.7 Å². The fourth-order valence-corrected chi connectivity index (χ4v) is 1.60. The lowest BCUT2D eigenvalue weighted by atomic mass is 10.0. The van der Waals surface area contributed by atoms with Crippen molar-refractivity contribution < 1.29 is 0 Å². The normalized spacial score (nSPS) is 13.4. The van der Waals surface area contributed by atoms with Crippen LogP contribution in [-0.4, -0.2) is 15.0 Å². The van der Waals surface area contributed by atoms with Gasteiger partial charge in [-0.2, -0.15) is 0 Å². The molecule has 15 heavy (non-hydrogen) atoms. The van der Waals surface area contributed by atoms with Gasteiger partial charge >= 0.3 is 0 Å². The van der Waals surface area contributed by atoms with Gasteiger partial charge in [0.05, 0.1) is 11.9 Å². The van der Waals surface area contributed by atoms with Crippen molar-refractivity contribution in [3.8, 4) is 0 Å². The van der Waals surface area contributed by atoms with E-state index in [2.05, 4.69) is 31.1 Å². The summed E-state index contributed by atoms with van der Waals surface area (Å²) >= 11 is 0. The fourth-order valence-electron chi connectivity index (χ4n) is 1.60. The van der Waals surface area contributed by atoms with Crippen LogP contribution < -0.4 is 5.73 Å². The van der Waals surface area contributed by atoms with Gasteiger partial charge in [0.15, 0.2) is 0 Å². The van der Waals surface area contributed by atoms with Crippen molar-refractivity contribution in [3.05, 3.63) is 11.9 Å². The summed E-state index contributed by atoms with van der Waals surface area (Å²) in [7, 11) is 0. The summed E-state index contributed by atoms with van der Waals surface area (Å²) in [6, 6.07) is 0.0777. The molecule has 2 N–H and O–H groups in total. The van der Waals surface area contributed by atoms with E-state index in [0.717, 1.165) is 31.5 Å². The SMILES string of the molecule is CCCn1nncc1C(N)CCC(C)C. The Balaban J connectivity index is 2.56. The second kappa shape index (κ2) is 5.85. The maximum Gasteiger partial charge on any atom is 0.0754 e. The van der Waals surface area contributed by atoms with Gasteiger partial charge in [0.2, 0.25) is 0 Å². The predicted molar refractivity (Wildman–Crippen MR) is 61.3 cm³/mol. The molecule has 0 aliphatic rings. The average molecular weight is 210 g/mol. The Hall–Kier alpha value is -0.900. The standard InChI is InChI=1S/C11H22N4/c1-4-7-15-11(8-13-14-15)10(12)6-5-9(2)3/h8-10H,4-7,12H2,1-3H3. The summed E-state index contributed by atoms with van der Waals surface area (Å²) < 4.78 is 1.92. The Kier molecular flexibility index (Phi) is 4.75. The zero-order chi connectivity index (χ0) is 11.3. The van der Waals surface area contributed by atoms with Crippen LogP contribution in [0.25, 0.3) is 0 Å². The molecule has 0 saturated heterocycles. The Morgan fingerprint density at radius 2 is 2.13 bits per heavy atom. The lowest BCUT2D eigenvalue weighted by Gasteiger charge is -2.13. The molecule has 4 nitrogen and oxygen atoms in total. The molecule has 0 radical (unpaired) electrons. The number of aromatic nitrogens is 3. The monoisotopic (exact) mass is 210 g/mol. The minimum atomic E-state index is 0.0777. The summed E-state index contributed by atoms with van der Waals surface area (Å²) in [6.45, 7) is 7.47. The summed E-state index contributed by atoms with van der Waals surface area (Å²) in [6.07, 6.45) is 5.02. The van der Waals surface area contributed by atoms with Crippen molar-refractivity contribution >= 4 is 0 Å². The van der Waals surface area contributed by atoms with E-state index in [9.17, 15) is 0 Å². The molecule has 0 aliphatic carbocycles. The van der Waals surface area contributed by atoms with Crippen LogP contribution in [0.15, 0.2) is 6.20 Å². The first kappa shape index (κ1) is 12.2. The Bertz CT molecular complexity index is 280. The van der Waals surface area contributed by atoms with Crippen molar-refractivity contribution in [2.45, 2.75) is 52.6 Å². The van der Waals surface area contributed by atoms with Crippen LogP contribution >= 0.6 is 0 Å². The summed E-state index contributed by atoms with van der Waals surface area (Å²) in [4.78, 5) is 0. The largest absolute Gasteiger partial charge is 0.323 e. The van der Waals surface area contributed by atoms with Crippen molar-refractivity contribution in [3.63, 3.8) is 0 Å². The van der Waals surface area contributed by atoms with Crippen molar-refractivity contribution in [2.24, 2.45) is 11.7 Å². The van der Waals surface area contributed by atoms with Crippen LogP contribution in [0.2, 0.25) is 0 Å². The molecule has 0 saturated carbocycles. The van der Waals surface area contributed by atoms with Crippen LogP contribution in [-0.2, 0) is 6.54 Å². The number of aryl methyl sites for hydroxylation is 1. The molecule has 4 heteroatoms. The van der Waals surface area contributed by atoms with Gasteiger partial charge < -0.3 is 5.73 Å². The molecule has 0 amide bonds. The third-order valence-corrected chi connectivity index (χ3v) is 2.52. The quantitative estimate of drug-likeness (QED) is 0.782. The zero-order valence-corrected chi connectivity index (χ0v) is 9.98. The molecule has 0 bridgehead atoms. The molecule has 1 aromatic rings. The van der Waals surface area contributed by atoms with E-state index < -0.39 is 0 Å². The first-order chi connectivity index (χ1) is 7.15. The number of hydrogen-bond donors (Lipinski definition) is 1. The smallest absolute Gasteiger partial charge is 0.0754 e. The minimum Gasteiger partial charge on any atom is -0.323 e. The van der Waals surface area contributed by atoms with Gasteiger partial charge in [-0.05, 0) is 25.2 Å². The van der Waals surface area contributed by atoms with E-state index in [-0.39, 0.29) is 6.04 Å².